The minimum absolute atomic E-state index is 0.252. The van der Waals surface area contributed by atoms with Crippen molar-refractivity contribution in [1.29, 1.82) is 0 Å². The molecule has 1 rings (SSSR count). The predicted molar refractivity (Wildman–Crippen MR) is 45.6 cm³/mol. The van der Waals surface area contributed by atoms with Crippen molar-refractivity contribution in [3.05, 3.63) is 0 Å². The molecule has 0 spiro atoms. The lowest BCUT2D eigenvalue weighted by atomic mass is 10.2. The molecule has 11 heavy (non-hydrogen) atoms. The van der Waals surface area contributed by atoms with E-state index in [2.05, 4.69) is 5.32 Å². The van der Waals surface area contributed by atoms with Crippen molar-refractivity contribution >= 4 is 17.7 Å². The predicted octanol–water partition coefficient (Wildman–Crippen LogP) is -0.0111. The largest absolute Gasteiger partial charge is 0.384 e. The molecule has 0 radical (unpaired) electrons. The van der Waals surface area contributed by atoms with Crippen LogP contribution in [-0.2, 0) is 4.79 Å². The van der Waals surface area contributed by atoms with E-state index in [1.165, 1.54) is 6.92 Å². The molecule has 3 nitrogen and oxygen atoms in total. The molecular weight excluding hydrogens is 162 g/mol. The van der Waals surface area contributed by atoms with Gasteiger partial charge in [-0.1, -0.05) is 0 Å². The van der Waals surface area contributed by atoms with Crippen LogP contribution in [0.1, 0.15) is 13.3 Å². The van der Waals surface area contributed by atoms with Crippen LogP contribution in [0.3, 0.4) is 0 Å². The molecule has 0 aliphatic carbocycles. The van der Waals surface area contributed by atoms with Gasteiger partial charge in [-0.15, -0.1) is 0 Å². The molecule has 1 aliphatic rings. The van der Waals surface area contributed by atoms with Crippen molar-refractivity contribution in [3.63, 3.8) is 0 Å². The third kappa shape index (κ3) is 2.71. The van der Waals surface area contributed by atoms with Crippen molar-refractivity contribution in [1.82, 2.24) is 5.32 Å². The van der Waals surface area contributed by atoms with Crippen molar-refractivity contribution in [2.75, 3.05) is 11.5 Å². The number of rotatable bonds is 2. The number of carbonyl (C=O) groups excluding carboxylic acids is 1. The molecule has 1 amide bonds. The fraction of sp³-hybridized carbons (Fsp3) is 0.857. The van der Waals surface area contributed by atoms with Gasteiger partial charge in [0.1, 0.15) is 6.10 Å². The van der Waals surface area contributed by atoms with E-state index in [1.54, 1.807) is 0 Å². The summed E-state index contributed by atoms with van der Waals surface area (Å²) in [6, 6.07) is 0.280. The maximum atomic E-state index is 10.9. The van der Waals surface area contributed by atoms with Gasteiger partial charge in [-0.3, -0.25) is 4.79 Å². The number of hydrogen-bond acceptors (Lipinski definition) is 3. The molecule has 2 N–H and O–H groups in total. The maximum Gasteiger partial charge on any atom is 0.248 e. The van der Waals surface area contributed by atoms with Gasteiger partial charge in [0.15, 0.2) is 0 Å². The van der Waals surface area contributed by atoms with Gasteiger partial charge in [-0.05, 0) is 19.1 Å². The first kappa shape index (κ1) is 8.87. The Labute approximate surface area is 70.6 Å². The number of thioether (sulfide) groups is 1. The molecule has 0 saturated carbocycles. The van der Waals surface area contributed by atoms with Crippen LogP contribution in [0.25, 0.3) is 0 Å². The average molecular weight is 175 g/mol. The molecule has 0 bridgehead atoms. The van der Waals surface area contributed by atoms with Gasteiger partial charge < -0.3 is 10.4 Å². The summed E-state index contributed by atoms with van der Waals surface area (Å²) in [7, 11) is 0. The van der Waals surface area contributed by atoms with Gasteiger partial charge in [0.2, 0.25) is 5.91 Å². The summed E-state index contributed by atoms with van der Waals surface area (Å²) in [6.45, 7) is 1.48. The third-order valence-corrected chi connectivity index (χ3v) is 2.82. The van der Waals surface area contributed by atoms with Crippen molar-refractivity contribution in [2.24, 2.45) is 0 Å². The van der Waals surface area contributed by atoms with Crippen LogP contribution in [0.15, 0.2) is 0 Å². The molecule has 1 saturated heterocycles. The van der Waals surface area contributed by atoms with Crippen molar-refractivity contribution in [3.8, 4) is 0 Å². The Morgan fingerprint density at radius 3 is 3.00 bits per heavy atom. The second-order valence-corrected chi connectivity index (χ2v) is 3.89. The second-order valence-electron chi connectivity index (χ2n) is 2.75. The van der Waals surface area contributed by atoms with Crippen LogP contribution in [0.5, 0.6) is 0 Å². The molecule has 64 valence electrons. The summed E-state index contributed by atoms with van der Waals surface area (Å²) >= 11 is 1.84. The van der Waals surface area contributed by atoms with Crippen molar-refractivity contribution in [2.45, 2.75) is 25.5 Å². The van der Waals surface area contributed by atoms with Gasteiger partial charge in [-0.2, -0.15) is 11.8 Å². The summed E-state index contributed by atoms with van der Waals surface area (Å²) in [5, 5.41) is 11.6. The van der Waals surface area contributed by atoms with Gasteiger partial charge in [0.25, 0.3) is 0 Å². The molecule has 4 heteroatoms. The van der Waals surface area contributed by atoms with Crippen LogP contribution in [-0.4, -0.2) is 34.7 Å². The molecular formula is C7H13NO2S. The number of aliphatic hydroxyl groups excluding tert-OH is 1. The van der Waals surface area contributed by atoms with Crippen molar-refractivity contribution < 1.29 is 9.90 Å². The monoisotopic (exact) mass is 175 g/mol. The van der Waals surface area contributed by atoms with Gasteiger partial charge in [0, 0.05) is 11.8 Å². The molecule has 0 aromatic heterocycles. The highest BCUT2D eigenvalue weighted by atomic mass is 32.2. The summed E-state index contributed by atoms with van der Waals surface area (Å²) in [6.07, 6.45) is 0.156. The number of carbonyl (C=O) groups is 1. The van der Waals surface area contributed by atoms with E-state index in [9.17, 15) is 4.79 Å². The first-order valence-corrected chi connectivity index (χ1v) is 4.92. The summed E-state index contributed by atoms with van der Waals surface area (Å²) < 4.78 is 0. The molecule has 1 heterocycles. The minimum atomic E-state index is -0.874. The molecule has 0 aromatic carbocycles. The lowest BCUT2D eigenvalue weighted by Crippen LogP contribution is -2.40. The molecule has 1 aliphatic heterocycles. The zero-order chi connectivity index (χ0) is 8.27. The summed E-state index contributed by atoms with van der Waals surface area (Å²) in [4.78, 5) is 10.9. The Kier molecular flexibility index (Phi) is 3.20. The Balaban J connectivity index is 2.24. The highest BCUT2D eigenvalue weighted by molar-refractivity contribution is 7.99. The second kappa shape index (κ2) is 3.97. The molecule has 1 fully saturated rings. The number of hydrogen-bond donors (Lipinski definition) is 2. The number of aliphatic hydroxyl groups is 1. The third-order valence-electron chi connectivity index (χ3n) is 1.66. The zero-order valence-electron chi connectivity index (χ0n) is 6.54. The van der Waals surface area contributed by atoms with E-state index < -0.39 is 6.10 Å². The lowest BCUT2D eigenvalue weighted by molar-refractivity contribution is -0.129. The first-order chi connectivity index (χ1) is 5.20. The van der Waals surface area contributed by atoms with Crippen LogP contribution < -0.4 is 5.32 Å². The van der Waals surface area contributed by atoms with Crippen LogP contribution in [0.4, 0.5) is 0 Å². The summed E-state index contributed by atoms with van der Waals surface area (Å²) in [5.41, 5.74) is 0. The number of nitrogens with one attached hydrogen (secondary N) is 1. The normalized spacial score (nSPS) is 26.5. The smallest absolute Gasteiger partial charge is 0.248 e. The maximum absolute atomic E-state index is 10.9. The lowest BCUT2D eigenvalue weighted by Gasteiger charge is -2.12. The quantitative estimate of drug-likeness (QED) is 0.620. The van der Waals surface area contributed by atoms with Crippen LogP contribution in [0, 0.1) is 0 Å². The Morgan fingerprint density at radius 1 is 1.82 bits per heavy atom. The van der Waals surface area contributed by atoms with Crippen LogP contribution in [0.2, 0.25) is 0 Å². The standard InChI is InChI=1S/C7H13NO2S/c1-5(9)7(10)8-6-2-3-11-4-6/h5-6,9H,2-4H2,1H3,(H,8,10)/t5-,6?/m1/s1. The van der Waals surface area contributed by atoms with Crippen LogP contribution >= 0.6 is 11.8 Å². The minimum Gasteiger partial charge on any atom is -0.384 e. The number of amides is 1. The highest BCUT2D eigenvalue weighted by Gasteiger charge is 2.19. The molecule has 1 unspecified atom stereocenters. The first-order valence-electron chi connectivity index (χ1n) is 3.76. The Hall–Kier alpha value is -0.220. The highest BCUT2D eigenvalue weighted by Crippen LogP contribution is 2.16. The topological polar surface area (TPSA) is 49.3 Å². The van der Waals surface area contributed by atoms with E-state index in [1.807, 2.05) is 11.8 Å². The fourth-order valence-electron chi connectivity index (χ4n) is 0.970. The van der Waals surface area contributed by atoms with E-state index in [0.29, 0.717) is 0 Å². The van der Waals surface area contributed by atoms with E-state index >= 15 is 0 Å². The summed E-state index contributed by atoms with van der Waals surface area (Å²) in [5.74, 6) is 1.85. The van der Waals surface area contributed by atoms with Gasteiger partial charge >= 0.3 is 0 Å². The fourth-order valence-corrected chi connectivity index (χ4v) is 2.12. The Bertz CT molecular complexity index is 143. The molecule has 2 atom stereocenters. The SMILES string of the molecule is C[C@@H](O)C(=O)NC1CCSC1. The van der Waals surface area contributed by atoms with E-state index in [0.717, 1.165) is 17.9 Å². The Morgan fingerprint density at radius 2 is 2.55 bits per heavy atom. The van der Waals surface area contributed by atoms with Gasteiger partial charge in [-0.25, -0.2) is 0 Å². The molecule has 0 aromatic rings. The van der Waals surface area contributed by atoms with Gasteiger partial charge in [0.05, 0.1) is 0 Å². The zero-order valence-corrected chi connectivity index (χ0v) is 7.36. The average Bonchev–Trinajstić information content (AvgIpc) is 2.39. The van der Waals surface area contributed by atoms with E-state index in [4.69, 9.17) is 5.11 Å². The van der Waals surface area contributed by atoms with E-state index in [-0.39, 0.29) is 11.9 Å².